The van der Waals surface area contributed by atoms with Crippen molar-refractivity contribution < 1.29 is 9.53 Å². The number of benzene rings is 1. The minimum atomic E-state index is -0.796. The summed E-state index contributed by atoms with van der Waals surface area (Å²) < 4.78 is 5.30. The van der Waals surface area contributed by atoms with E-state index in [2.05, 4.69) is 0 Å². The molecule has 0 aliphatic carbocycles. The largest absolute Gasteiger partial charge is 0.494 e. The monoisotopic (exact) mass is 237 g/mol. The molecule has 1 rings (SSSR count). The van der Waals surface area contributed by atoms with Gasteiger partial charge in [0.1, 0.15) is 11.1 Å². The summed E-state index contributed by atoms with van der Waals surface area (Å²) in [4.78, 5) is 11.2. The molecule has 0 N–H and O–H groups in total. The zero-order chi connectivity index (χ0) is 12.1. The van der Waals surface area contributed by atoms with Crippen LogP contribution in [0.5, 0.6) is 5.75 Å². The second-order valence-electron chi connectivity index (χ2n) is 3.27. The van der Waals surface area contributed by atoms with Crippen LogP contribution in [0.1, 0.15) is 30.4 Å². The fourth-order valence-electron chi connectivity index (χ4n) is 1.33. The number of halogens is 1. The third kappa shape index (κ3) is 2.74. The van der Waals surface area contributed by atoms with Crippen LogP contribution in [0.4, 0.5) is 0 Å². The Hall–Kier alpha value is -1.53. The average Bonchev–Trinajstić information content (AvgIpc) is 2.28. The SMILES string of the molecule is CCOc1ccc(C#N)c(C(Cl)C(C)=O)c1. The molecule has 1 unspecified atom stereocenters. The van der Waals surface area contributed by atoms with Crippen molar-refractivity contribution in [1.29, 1.82) is 5.26 Å². The second-order valence-corrected chi connectivity index (χ2v) is 3.70. The standard InChI is InChI=1S/C12H12ClNO2/c1-3-16-10-5-4-9(7-14)11(6-10)12(13)8(2)15/h4-6,12H,3H2,1-2H3. The predicted molar refractivity (Wildman–Crippen MR) is 61.6 cm³/mol. The number of hydrogen-bond donors (Lipinski definition) is 0. The zero-order valence-electron chi connectivity index (χ0n) is 9.16. The number of carbonyl (C=O) groups is 1. The second kappa shape index (κ2) is 5.53. The quantitative estimate of drug-likeness (QED) is 0.757. The van der Waals surface area contributed by atoms with E-state index < -0.39 is 5.38 Å². The van der Waals surface area contributed by atoms with Crippen LogP contribution in [0.15, 0.2) is 18.2 Å². The Morgan fingerprint density at radius 2 is 2.31 bits per heavy atom. The lowest BCUT2D eigenvalue weighted by atomic mass is 10.0. The first-order chi connectivity index (χ1) is 7.60. The molecule has 4 heteroatoms. The van der Waals surface area contributed by atoms with E-state index in [1.165, 1.54) is 6.92 Å². The molecule has 0 saturated heterocycles. The van der Waals surface area contributed by atoms with Crippen LogP contribution in [0.2, 0.25) is 0 Å². The van der Waals surface area contributed by atoms with E-state index in [1.807, 2.05) is 13.0 Å². The number of ether oxygens (including phenoxy) is 1. The van der Waals surface area contributed by atoms with Crippen molar-refractivity contribution in [3.05, 3.63) is 29.3 Å². The number of nitrogens with zero attached hydrogens (tertiary/aromatic N) is 1. The van der Waals surface area contributed by atoms with Crippen LogP contribution in [0.3, 0.4) is 0 Å². The molecule has 0 bridgehead atoms. The van der Waals surface area contributed by atoms with Crippen LogP contribution in [-0.4, -0.2) is 12.4 Å². The molecule has 16 heavy (non-hydrogen) atoms. The summed E-state index contributed by atoms with van der Waals surface area (Å²) >= 11 is 5.94. The Bertz CT molecular complexity index is 437. The van der Waals surface area contributed by atoms with Gasteiger partial charge < -0.3 is 4.74 Å². The van der Waals surface area contributed by atoms with Crippen LogP contribution in [0, 0.1) is 11.3 Å². The normalized spacial score (nSPS) is 11.6. The smallest absolute Gasteiger partial charge is 0.152 e. The maximum Gasteiger partial charge on any atom is 0.152 e. The summed E-state index contributed by atoms with van der Waals surface area (Å²) in [6, 6.07) is 6.95. The summed E-state index contributed by atoms with van der Waals surface area (Å²) in [5, 5.41) is 8.11. The van der Waals surface area contributed by atoms with E-state index in [1.54, 1.807) is 18.2 Å². The molecule has 0 amide bonds. The van der Waals surface area contributed by atoms with Crippen LogP contribution in [-0.2, 0) is 4.79 Å². The highest BCUT2D eigenvalue weighted by atomic mass is 35.5. The van der Waals surface area contributed by atoms with Crippen molar-refractivity contribution >= 4 is 17.4 Å². The van der Waals surface area contributed by atoms with E-state index in [0.29, 0.717) is 23.5 Å². The lowest BCUT2D eigenvalue weighted by Crippen LogP contribution is -2.04. The van der Waals surface area contributed by atoms with Crippen molar-refractivity contribution in [1.82, 2.24) is 0 Å². The molecule has 3 nitrogen and oxygen atoms in total. The Balaban J connectivity index is 3.17. The Morgan fingerprint density at radius 3 is 2.81 bits per heavy atom. The summed E-state index contributed by atoms with van der Waals surface area (Å²) in [5.41, 5.74) is 0.904. The predicted octanol–water partition coefficient (Wildman–Crippen LogP) is 2.83. The molecule has 0 aliphatic rings. The van der Waals surface area contributed by atoms with Gasteiger partial charge in [-0.1, -0.05) is 0 Å². The maximum absolute atomic E-state index is 11.2. The van der Waals surface area contributed by atoms with Crippen molar-refractivity contribution in [3.8, 4) is 11.8 Å². The molecule has 0 aliphatic heterocycles. The highest BCUT2D eigenvalue weighted by Gasteiger charge is 2.17. The Kier molecular flexibility index (Phi) is 4.33. The van der Waals surface area contributed by atoms with E-state index in [-0.39, 0.29) is 5.78 Å². The number of carbonyl (C=O) groups excluding carboxylic acids is 1. The van der Waals surface area contributed by atoms with Gasteiger partial charge in [-0.3, -0.25) is 4.79 Å². The topological polar surface area (TPSA) is 50.1 Å². The summed E-state index contributed by atoms with van der Waals surface area (Å²) in [5.74, 6) is 0.426. The number of Topliss-reactive ketones (excluding diaryl/α,β-unsaturated/α-hetero) is 1. The molecule has 84 valence electrons. The van der Waals surface area contributed by atoms with Gasteiger partial charge in [-0.25, -0.2) is 0 Å². The lowest BCUT2D eigenvalue weighted by molar-refractivity contribution is -0.116. The van der Waals surface area contributed by atoms with Crippen molar-refractivity contribution in [3.63, 3.8) is 0 Å². The van der Waals surface area contributed by atoms with Gasteiger partial charge in [-0.15, -0.1) is 11.6 Å². The third-order valence-corrected chi connectivity index (χ3v) is 2.63. The highest BCUT2D eigenvalue weighted by molar-refractivity contribution is 6.31. The molecule has 1 aromatic carbocycles. The summed E-state index contributed by atoms with van der Waals surface area (Å²) in [6.07, 6.45) is 0. The van der Waals surface area contributed by atoms with Gasteiger partial charge in [0.25, 0.3) is 0 Å². The van der Waals surface area contributed by atoms with Crippen molar-refractivity contribution in [2.24, 2.45) is 0 Å². The molecule has 0 radical (unpaired) electrons. The number of ketones is 1. The summed E-state index contributed by atoms with van der Waals surface area (Å²) in [6.45, 7) is 3.78. The first kappa shape index (κ1) is 12.5. The van der Waals surface area contributed by atoms with Gasteiger partial charge in [0.05, 0.1) is 18.2 Å². The summed E-state index contributed by atoms with van der Waals surface area (Å²) in [7, 11) is 0. The van der Waals surface area contributed by atoms with Gasteiger partial charge in [0, 0.05) is 0 Å². The van der Waals surface area contributed by atoms with E-state index in [0.717, 1.165) is 0 Å². The molecular weight excluding hydrogens is 226 g/mol. The number of hydrogen-bond acceptors (Lipinski definition) is 3. The molecule has 0 heterocycles. The Labute approximate surface area is 99.6 Å². The molecule has 0 aromatic heterocycles. The number of rotatable bonds is 4. The van der Waals surface area contributed by atoms with Crippen molar-refractivity contribution in [2.45, 2.75) is 19.2 Å². The van der Waals surface area contributed by atoms with Crippen LogP contribution >= 0.6 is 11.6 Å². The first-order valence-corrected chi connectivity index (χ1v) is 5.35. The van der Waals surface area contributed by atoms with Gasteiger partial charge in [-0.2, -0.15) is 5.26 Å². The Morgan fingerprint density at radius 1 is 1.62 bits per heavy atom. The fraction of sp³-hybridized carbons (Fsp3) is 0.333. The van der Waals surface area contributed by atoms with Crippen molar-refractivity contribution in [2.75, 3.05) is 6.61 Å². The molecule has 0 saturated carbocycles. The van der Waals surface area contributed by atoms with Gasteiger partial charge in [0.2, 0.25) is 0 Å². The minimum Gasteiger partial charge on any atom is -0.494 e. The van der Waals surface area contributed by atoms with Gasteiger partial charge in [-0.05, 0) is 37.6 Å². The van der Waals surface area contributed by atoms with E-state index in [4.69, 9.17) is 21.6 Å². The minimum absolute atomic E-state index is 0.188. The maximum atomic E-state index is 11.2. The fourth-order valence-corrected chi connectivity index (χ4v) is 1.51. The van der Waals surface area contributed by atoms with E-state index >= 15 is 0 Å². The highest BCUT2D eigenvalue weighted by Crippen LogP contribution is 2.28. The van der Waals surface area contributed by atoms with Gasteiger partial charge >= 0.3 is 0 Å². The molecular formula is C12H12ClNO2. The molecule has 0 fully saturated rings. The molecule has 1 atom stereocenters. The molecule has 1 aromatic rings. The zero-order valence-corrected chi connectivity index (χ0v) is 9.91. The first-order valence-electron chi connectivity index (χ1n) is 4.91. The average molecular weight is 238 g/mol. The third-order valence-electron chi connectivity index (χ3n) is 2.08. The molecule has 0 spiro atoms. The number of nitriles is 1. The van der Waals surface area contributed by atoms with Gasteiger partial charge in [0.15, 0.2) is 5.78 Å². The van der Waals surface area contributed by atoms with E-state index in [9.17, 15) is 4.79 Å². The lowest BCUT2D eigenvalue weighted by Gasteiger charge is -2.10. The van der Waals surface area contributed by atoms with Crippen LogP contribution in [0.25, 0.3) is 0 Å². The van der Waals surface area contributed by atoms with Crippen LogP contribution < -0.4 is 4.74 Å². The number of alkyl halides is 1.